The number of benzene rings is 1. The van der Waals surface area contributed by atoms with E-state index in [1.807, 2.05) is 6.92 Å². The molecule has 0 radical (unpaired) electrons. The number of rotatable bonds is 7. The van der Waals surface area contributed by atoms with Crippen LogP contribution in [0.5, 0.6) is 0 Å². The Hall–Kier alpha value is -1.69. The molecule has 0 saturated heterocycles. The van der Waals surface area contributed by atoms with Crippen LogP contribution < -0.4 is 10.6 Å². The van der Waals surface area contributed by atoms with Crippen molar-refractivity contribution in [3.8, 4) is 0 Å². The lowest BCUT2D eigenvalue weighted by molar-refractivity contribution is 0.0697. The van der Waals surface area contributed by atoms with Crippen molar-refractivity contribution in [1.29, 1.82) is 0 Å². The highest BCUT2D eigenvalue weighted by molar-refractivity contribution is 7.98. The van der Waals surface area contributed by atoms with Crippen LogP contribution in [0.4, 0.5) is 10.5 Å². The zero-order valence-corrected chi connectivity index (χ0v) is 12.5. The van der Waals surface area contributed by atoms with E-state index in [0.717, 1.165) is 24.2 Å². The standard InChI is InChI=1S/C14H20N2O3S/c1-10-5-6-11(13(17)18)9-12(10)16-14(19)15-7-3-4-8-20-2/h5-6,9H,3-4,7-8H2,1-2H3,(H,17,18)(H2,15,16,19). The van der Waals surface area contributed by atoms with Gasteiger partial charge < -0.3 is 15.7 Å². The SMILES string of the molecule is CSCCCCNC(=O)Nc1cc(C(=O)O)ccc1C. The molecule has 20 heavy (non-hydrogen) atoms. The summed E-state index contributed by atoms with van der Waals surface area (Å²) in [6, 6.07) is 4.35. The van der Waals surface area contributed by atoms with Crippen LogP contribution in [-0.4, -0.2) is 35.7 Å². The molecule has 1 aromatic rings. The first-order valence-electron chi connectivity index (χ1n) is 6.42. The number of anilines is 1. The molecular weight excluding hydrogens is 276 g/mol. The third kappa shape index (κ3) is 5.52. The lowest BCUT2D eigenvalue weighted by Crippen LogP contribution is -2.29. The molecule has 5 nitrogen and oxygen atoms in total. The van der Waals surface area contributed by atoms with Crippen LogP contribution in [0.25, 0.3) is 0 Å². The molecular formula is C14H20N2O3S. The number of aromatic carboxylic acids is 1. The van der Waals surface area contributed by atoms with Crippen LogP contribution in [0.15, 0.2) is 18.2 Å². The maximum Gasteiger partial charge on any atom is 0.335 e. The maximum absolute atomic E-state index is 11.7. The normalized spacial score (nSPS) is 10.1. The van der Waals surface area contributed by atoms with Crippen molar-refractivity contribution >= 4 is 29.4 Å². The fourth-order valence-corrected chi connectivity index (χ4v) is 2.12. The van der Waals surface area contributed by atoms with Gasteiger partial charge in [0.2, 0.25) is 0 Å². The molecule has 0 fully saturated rings. The van der Waals surface area contributed by atoms with Crippen LogP contribution >= 0.6 is 11.8 Å². The summed E-state index contributed by atoms with van der Waals surface area (Å²) >= 11 is 1.79. The van der Waals surface area contributed by atoms with Gasteiger partial charge in [0, 0.05) is 12.2 Å². The number of urea groups is 1. The number of aryl methyl sites for hydroxylation is 1. The number of carboxylic acid groups (broad SMARTS) is 1. The van der Waals surface area contributed by atoms with Gasteiger partial charge in [0.1, 0.15) is 0 Å². The molecule has 2 amide bonds. The number of amides is 2. The number of thioether (sulfide) groups is 1. The van der Waals surface area contributed by atoms with E-state index in [-0.39, 0.29) is 11.6 Å². The Bertz CT molecular complexity index is 477. The van der Waals surface area contributed by atoms with Crippen LogP contribution in [0.3, 0.4) is 0 Å². The number of carbonyl (C=O) groups excluding carboxylic acids is 1. The third-order valence-electron chi connectivity index (χ3n) is 2.79. The largest absolute Gasteiger partial charge is 0.478 e. The lowest BCUT2D eigenvalue weighted by atomic mass is 10.1. The molecule has 1 aromatic carbocycles. The first-order chi connectivity index (χ1) is 9.54. The van der Waals surface area contributed by atoms with Gasteiger partial charge in [-0.25, -0.2) is 9.59 Å². The van der Waals surface area contributed by atoms with E-state index in [0.29, 0.717) is 12.2 Å². The summed E-state index contributed by atoms with van der Waals surface area (Å²) in [6.07, 6.45) is 4.05. The highest BCUT2D eigenvalue weighted by atomic mass is 32.2. The van der Waals surface area contributed by atoms with Crippen molar-refractivity contribution < 1.29 is 14.7 Å². The second-order valence-electron chi connectivity index (χ2n) is 4.42. The number of nitrogens with one attached hydrogen (secondary N) is 2. The molecule has 0 bridgehead atoms. The highest BCUT2D eigenvalue weighted by Gasteiger charge is 2.08. The Morgan fingerprint density at radius 1 is 1.30 bits per heavy atom. The van der Waals surface area contributed by atoms with Gasteiger partial charge in [-0.3, -0.25) is 0 Å². The Balaban J connectivity index is 2.49. The predicted octanol–water partition coefficient (Wildman–Crippen LogP) is 2.96. The fourth-order valence-electron chi connectivity index (χ4n) is 1.63. The van der Waals surface area contributed by atoms with Gasteiger partial charge in [0.05, 0.1) is 5.56 Å². The van der Waals surface area contributed by atoms with E-state index in [1.165, 1.54) is 12.1 Å². The summed E-state index contributed by atoms with van der Waals surface area (Å²) in [5, 5.41) is 14.4. The second-order valence-corrected chi connectivity index (χ2v) is 5.40. The van der Waals surface area contributed by atoms with E-state index in [9.17, 15) is 9.59 Å². The smallest absolute Gasteiger partial charge is 0.335 e. The van der Waals surface area contributed by atoms with E-state index >= 15 is 0 Å². The molecule has 110 valence electrons. The van der Waals surface area contributed by atoms with Crippen LogP contribution in [0, 0.1) is 6.92 Å². The van der Waals surface area contributed by atoms with Crippen LogP contribution in [0.2, 0.25) is 0 Å². The maximum atomic E-state index is 11.7. The molecule has 6 heteroatoms. The molecule has 0 aliphatic carbocycles. The number of unbranched alkanes of at least 4 members (excludes halogenated alkanes) is 1. The minimum absolute atomic E-state index is 0.158. The summed E-state index contributed by atoms with van der Waals surface area (Å²) in [7, 11) is 0. The average molecular weight is 296 g/mol. The highest BCUT2D eigenvalue weighted by Crippen LogP contribution is 2.16. The molecule has 0 aromatic heterocycles. The molecule has 0 heterocycles. The van der Waals surface area contributed by atoms with Crippen molar-refractivity contribution in [1.82, 2.24) is 5.32 Å². The summed E-state index contributed by atoms with van der Waals surface area (Å²) in [4.78, 5) is 22.6. The van der Waals surface area contributed by atoms with Gasteiger partial charge in [0.25, 0.3) is 0 Å². The lowest BCUT2D eigenvalue weighted by Gasteiger charge is -2.10. The quantitative estimate of drug-likeness (QED) is 0.676. The number of hydrogen-bond donors (Lipinski definition) is 3. The Kier molecular flexibility index (Phi) is 6.93. The fraction of sp³-hybridized carbons (Fsp3) is 0.429. The van der Waals surface area contributed by atoms with E-state index in [2.05, 4.69) is 16.9 Å². The first kappa shape index (κ1) is 16.4. The Morgan fingerprint density at radius 3 is 2.70 bits per heavy atom. The Labute approximate surface area is 123 Å². The molecule has 0 aliphatic heterocycles. The van der Waals surface area contributed by atoms with Crippen molar-refractivity contribution in [2.45, 2.75) is 19.8 Å². The van der Waals surface area contributed by atoms with Gasteiger partial charge in [-0.05, 0) is 49.5 Å². The zero-order valence-electron chi connectivity index (χ0n) is 11.7. The summed E-state index contributed by atoms with van der Waals surface area (Å²) in [5.41, 5.74) is 1.50. The van der Waals surface area contributed by atoms with Crippen molar-refractivity contribution in [3.63, 3.8) is 0 Å². The van der Waals surface area contributed by atoms with Gasteiger partial charge in [0.15, 0.2) is 0 Å². The zero-order chi connectivity index (χ0) is 15.0. The number of carbonyl (C=O) groups is 2. The van der Waals surface area contributed by atoms with Crippen LogP contribution in [0.1, 0.15) is 28.8 Å². The molecule has 0 unspecified atom stereocenters. The molecule has 3 N–H and O–H groups in total. The molecule has 0 spiro atoms. The van der Waals surface area contributed by atoms with Gasteiger partial charge in [-0.1, -0.05) is 6.07 Å². The predicted molar refractivity (Wildman–Crippen MR) is 82.8 cm³/mol. The van der Waals surface area contributed by atoms with E-state index < -0.39 is 5.97 Å². The summed E-state index contributed by atoms with van der Waals surface area (Å²) in [6.45, 7) is 2.43. The van der Waals surface area contributed by atoms with Gasteiger partial charge in [-0.2, -0.15) is 11.8 Å². The van der Waals surface area contributed by atoms with Gasteiger partial charge >= 0.3 is 12.0 Å². The summed E-state index contributed by atoms with van der Waals surface area (Å²) in [5.74, 6) is 0.0776. The van der Waals surface area contributed by atoms with E-state index in [1.54, 1.807) is 17.8 Å². The minimum Gasteiger partial charge on any atom is -0.478 e. The van der Waals surface area contributed by atoms with Crippen molar-refractivity contribution in [2.75, 3.05) is 23.9 Å². The number of hydrogen-bond acceptors (Lipinski definition) is 3. The minimum atomic E-state index is -1.01. The van der Waals surface area contributed by atoms with Crippen LogP contribution in [-0.2, 0) is 0 Å². The molecule has 0 atom stereocenters. The number of carboxylic acids is 1. The monoisotopic (exact) mass is 296 g/mol. The topological polar surface area (TPSA) is 78.4 Å². The molecule has 0 aliphatic rings. The van der Waals surface area contributed by atoms with E-state index in [4.69, 9.17) is 5.11 Å². The third-order valence-corrected chi connectivity index (χ3v) is 3.49. The Morgan fingerprint density at radius 2 is 2.05 bits per heavy atom. The molecule has 0 saturated carbocycles. The average Bonchev–Trinajstić information content (AvgIpc) is 2.40. The second kappa shape index (κ2) is 8.47. The first-order valence-corrected chi connectivity index (χ1v) is 7.81. The molecule has 1 rings (SSSR count). The van der Waals surface area contributed by atoms with Gasteiger partial charge in [-0.15, -0.1) is 0 Å². The van der Waals surface area contributed by atoms with Crippen molar-refractivity contribution in [3.05, 3.63) is 29.3 Å². The summed E-state index contributed by atoms with van der Waals surface area (Å²) < 4.78 is 0. The van der Waals surface area contributed by atoms with Crippen molar-refractivity contribution in [2.24, 2.45) is 0 Å².